The number of rotatable bonds is 2. The zero-order chi connectivity index (χ0) is 10.2. The summed E-state index contributed by atoms with van der Waals surface area (Å²) in [5.41, 5.74) is -0.133. The SMILES string of the molecule is CCC1CCCC2(C1)OC2C(=O)OC. The van der Waals surface area contributed by atoms with Crippen LogP contribution in [0.4, 0.5) is 0 Å². The van der Waals surface area contributed by atoms with Gasteiger partial charge in [0.25, 0.3) is 0 Å². The van der Waals surface area contributed by atoms with E-state index in [-0.39, 0.29) is 17.7 Å². The average Bonchev–Trinajstić information content (AvgIpc) is 2.91. The third-order valence-electron chi connectivity index (χ3n) is 3.61. The quantitative estimate of drug-likeness (QED) is 0.502. The lowest BCUT2D eigenvalue weighted by Crippen LogP contribution is -2.28. The molecule has 0 amide bonds. The molecule has 0 aromatic rings. The summed E-state index contributed by atoms with van der Waals surface area (Å²) >= 11 is 0. The van der Waals surface area contributed by atoms with Gasteiger partial charge in [-0.15, -0.1) is 0 Å². The summed E-state index contributed by atoms with van der Waals surface area (Å²) in [7, 11) is 1.43. The van der Waals surface area contributed by atoms with Crippen LogP contribution in [0.1, 0.15) is 39.0 Å². The fourth-order valence-electron chi connectivity index (χ4n) is 2.65. The van der Waals surface area contributed by atoms with Crippen LogP contribution in [0, 0.1) is 5.92 Å². The largest absolute Gasteiger partial charge is 0.467 e. The van der Waals surface area contributed by atoms with Crippen molar-refractivity contribution in [2.45, 2.75) is 50.7 Å². The molecular formula is C11H18O3. The monoisotopic (exact) mass is 198 g/mol. The van der Waals surface area contributed by atoms with Crippen LogP contribution in [-0.2, 0) is 14.3 Å². The van der Waals surface area contributed by atoms with Gasteiger partial charge in [0.05, 0.1) is 7.11 Å². The summed E-state index contributed by atoms with van der Waals surface area (Å²) < 4.78 is 10.3. The van der Waals surface area contributed by atoms with Crippen LogP contribution < -0.4 is 0 Å². The van der Waals surface area contributed by atoms with Crippen molar-refractivity contribution in [3.05, 3.63) is 0 Å². The zero-order valence-electron chi connectivity index (χ0n) is 8.91. The Morgan fingerprint density at radius 1 is 1.64 bits per heavy atom. The third-order valence-corrected chi connectivity index (χ3v) is 3.61. The summed E-state index contributed by atoms with van der Waals surface area (Å²) in [6, 6.07) is 0. The van der Waals surface area contributed by atoms with Gasteiger partial charge in [-0.2, -0.15) is 0 Å². The second kappa shape index (κ2) is 3.54. The average molecular weight is 198 g/mol. The Morgan fingerprint density at radius 3 is 3.07 bits per heavy atom. The molecule has 2 aliphatic rings. The molecule has 1 saturated carbocycles. The van der Waals surface area contributed by atoms with Crippen molar-refractivity contribution in [1.29, 1.82) is 0 Å². The Kier molecular flexibility index (Phi) is 2.52. The highest BCUT2D eigenvalue weighted by Crippen LogP contribution is 2.50. The smallest absolute Gasteiger partial charge is 0.338 e. The van der Waals surface area contributed by atoms with Crippen LogP contribution in [0.15, 0.2) is 0 Å². The predicted molar refractivity (Wildman–Crippen MR) is 51.9 cm³/mol. The van der Waals surface area contributed by atoms with Crippen LogP contribution in [0.5, 0.6) is 0 Å². The molecule has 1 aliphatic carbocycles. The first-order valence-corrected chi connectivity index (χ1v) is 5.47. The standard InChI is InChI=1S/C11H18O3/c1-3-8-5-4-6-11(7-8)9(14-11)10(12)13-2/h8-9H,3-7H2,1-2H3. The van der Waals surface area contributed by atoms with Crippen molar-refractivity contribution in [1.82, 2.24) is 0 Å². The van der Waals surface area contributed by atoms with Crippen LogP contribution in [0.3, 0.4) is 0 Å². The van der Waals surface area contributed by atoms with Gasteiger partial charge in [-0.3, -0.25) is 0 Å². The van der Waals surface area contributed by atoms with E-state index in [0.717, 1.165) is 18.8 Å². The number of epoxide rings is 1. The Bertz CT molecular complexity index is 239. The van der Waals surface area contributed by atoms with Crippen molar-refractivity contribution >= 4 is 5.97 Å². The van der Waals surface area contributed by atoms with Gasteiger partial charge in [-0.05, 0) is 18.8 Å². The second-order valence-corrected chi connectivity index (χ2v) is 4.46. The Labute approximate surface area is 84.8 Å². The number of carbonyl (C=O) groups excluding carboxylic acids is 1. The number of ether oxygens (including phenoxy) is 2. The van der Waals surface area contributed by atoms with E-state index in [2.05, 4.69) is 6.92 Å². The summed E-state index contributed by atoms with van der Waals surface area (Å²) in [6.45, 7) is 2.21. The molecule has 0 N–H and O–H groups in total. The van der Waals surface area contributed by atoms with E-state index in [0.29, 0.717) is 0 Å². The van der Waals surface area contributed by atoms with Gasteiger partial charge in [0, 0.05) is 0 Å². The number of methoxy groups -OCH3 is 1. The number of esters is 1. The zero-order valence-corrected chi connectivity index (χ0v) is 8.91. The molecule has 0 radical (unpaired) electrons. The van der Waals surface area contributed by atoms with Gasteiger partial charge in [-0.1, -0.05) is 26.2 Å². The van der Waals surface area contributed by atoms with E-state index in [1.807, 2.05) is 0 Å². The minimum Gasteiger partial charge on any atom is -0.467 e. The van der Waals surface area contributed by atoms with Crippen molar-refractivity contribution < 1.29 is 14.3 Å². The molecule has 2 rings (SSSR count). The molecule has 0 aromatic heterocycles. The molecule has 1 aliphatic heterocycles. The van der Waals surface area contributed by atoms with Gasteiger partial charge in [0.15, 0.2) is 6.10 Å². The maximum atomic E-state index is 11.3. The predicted octanol–water partition coefficient (Wildman–Crippen LogP) is 1.90. The number of hydrogen-bond donors (Lipinski definition) is 0. The first-order valence-electron chi connectivity index (χ1n) is 5.47. The summed E-state index contributed by atoms with van der Waals surface area (Å²) in [4.78, 5) is 11.3. The summed E-state index contributed by atoms with van der Waals surface area (Å²) in [5, 5.41) is 0. The molecular weight excluding hydrogens is 180 g/mol. The minimum absolute atomic E-state index is 0.133. The Morgan fingerprint density at radius 2 is 2.43 bits per heavy atom. The second-order valence-electron chi connectivity index (χ2n) is 4.46. The molecule has 3 unspecified atom stereocenters. The maximum Gasteiger partial charge on any atom is 0.338 e. The molecule has 3 atom stereocenters. The molecule has 80 valence electrons. The van der Waals surface area contributed by atoms with E-state index in [9.17, 15) is 4.79 Å². The highest BCUT2D eigenvalue weighted by molar-refractivity contribution is 5.79. The molecule has 3 heteroatoms. The van der Waals surface area contributed by atoms with E-state index in [1.54, 1.807) is 0 Å². The summed E-state index contributed by atoms with van der Waals surface area (Å²) in [6.07, 6.45) is 5.48. The topological polar surface area (TPSA) is 38.8 Å². The van der Waals surface area contributed by atoms with Gasteiger partial charge in [0.1, 0.15) is 5.60 Å². The van der Waals surface area contributed by atoms with Crippen molar-refractivity contribution in [3.8, 4) is 0 Å². The van der Waals surface area contributed by atoms with E-state index in [1.165, 1.54) is 26.4 Å². The molecule has 1 spiro atoms. The molecule has 14 heavy (non-hydrogen) atoms. The van der Waals surface area contributed by atoms with Gasteiger partial charge in [0.2, 0.25) is 0 Å². The molecule has 2 fully saturated rings. The highest BCUT2D eigenvalue weighted by atomic mass is 16.7. The van der Waals surface area contributed by atoms with Crippen LogP contribution >= 0.6 is 0 Å². The van der Waals surface area contributed by atoms with Gasteiger partial charge >= 0.3 is 5.97 Å². The Balaban J connectivity index is 1.96. The Hall–Kier alpha value is -0.570. The van der Waals surface area contributed by atoms with Crippen molar-refractivity contribution in [2.24, 2.45) is 5.92 Å². The fraction of sp³-hybridized carbons (Fsp3) is 0.909. The minimum atomic E-state index is -0.262. The first kappa shape index (κ1) is 9.97. The molecule has 1 saturated heterocycles. The van der Waals surface area contributed by atoms with Gasteiger partial charge < -0.3 is 9.47 Å². The third kappa shape index (κ3) is 1.54. The van der Waals surface area contributed by atoms with Crippen LogP contribution in [0.25, 0.3) is 0 Å². The fourth-order valence-corrected chi connectivity index (χ4v) is 2.65. The van der Waals surface area contributed by atoms with E-state index >= 15 is 0 Å². The normalized spacial score (nSPS) is 41.0. The number of hydrogen-bond acceptors (Lipinski definition) is 3. The molecule has 0 bridgehead atoms. The van der Waals surface area contributed by atoms with Crippen molar-refractivity contribution in [2.75, 3.05) is 7.11 Å². The first-order chi connectivity index (χ1) is 6.72. The lowest BCUT2D eigenvalue weighted by Gasteiger charge is -2.26. The van der Waals surface area contributed by atoms with E-state index in [4.69, 9.17) is 9.47 Å². The maximum absolute atomic E-state index is 11.3. The lowest BCUT2D eigenvalue weighted by atomic mass is 9.78. The summed E-state index contributed by atoms with van der Waals surface area (Å²) in [5.74, 6) is 0.542. The lowest BCUT2D eigenvalue weighted by molar-refractivity contribution is -0.142. The van der Waals surface area contributed by atoms with Crippen LogP contribution in [0.2, 0.25) is 0 Å². The van der Waals surface area contributed by atoms with Crippen molar-refractivity contribution in [3.63, 3.8) is 0 Å². The van der Waals surface area contributed by atoms with Gasteiger partial charge in [-0.25, -0.2) is 4.79 Å². The number of carbonyl (C=O) groups is 1. The highest BCUT2D eigenvalue weighted by Gasteiger charge is 2.62. The molecule has 3 nitrogen and oxygen atoms in total. The molecule has 0 aromatic carbocycles. The van der Waals surface area contributed by atoms with Crippen LogP contribution in [-0.4, -0.2) is 24.8 Å². The van der Waals surface area contributed by atoms with E-state index < -0.39 is 0 Å². The molecule has 1 heterocycles.